The minimum absolute atomic E-state index is 0.0659. The Morgan fingerprint density at radius 3 is 1.86 bits per heavy atom. The first-order valence-corrected chi connectivity index (χ1v) is 7.39. The van der Waals surface area contributed by atoms with Crippen LogP contribution in [0.25, 0.3) is 0 Å². The highest BCUT2D eigenvalue weighted by Gasteiger charge is 2.35. The van der Waals surface area contributed by atoms with E-state index < -0.39 is 36.9 Å². The highest BCUT2D eigenvalue weighted by Crippen LogP contribution is 2.29. The summed E-state index contributed by atoms with van der Waals surface area (Å²) < 4.78 is 0. The number of hydrogen-bond acceptors (Lipinski definition) is 6. The van der Waals surface area contributed by atoms with E-state index in [0.717, 1.165) is 19.3 Å². The second kappa shape index (κ2) is 9.32. The van der Waals surface area contributed by atoms with Gasteiger partial charge in [-0.2, -0.15) is 0 Å². The lowest BCUT2D eigenvalue weighted by Crippen LogP contribution is -2.52. The Morgan fingerprint density at radius 2 is 1.48 bits per heavy atom. The second-order valence-electron chi connectivity index (χ2n) is 5.45. The Morgan fingerprint density at radius 1 is 1.00 bits per heavy atom. The van der Waals surface area contributed by atoms with Gasteiger partial charge in [0.05, 0.1) is 6.61 Å². The van der Waals surface area contributed by atoms with E-state index in [1.807, 2.05) is 20.8 Å². The SMILES string of the molecule is CCC(CC)(CC)CNC(=O)C(O)C(O)C(O)C(O)CO. The largest absolute Gasteiger partial charge is 0.394 e. The van der Waals surface area contributed by atoms with Gasteiger partial charge in [-0.15, -0.1) is 0 Å². The zero-order valence-electron chi connectivity index (χ0n) is 13.0. The fourth-order valence-electron chi connectivity index (χ4n) is 2.18. The van der Waals surface area contributed by atoms with Crippen LogP contribution in [0.4, 0.5) is 0 Å². The van der Waals surface area contributed by atoms with Gasteiger partial charge in [-0.1, -0.05) is 20.8 Å². The van der Waals surface area contributed by atoms with Crippen LogP contribution in [0.5, 0.6) is 0 Å². The lowest BCUT2D eigenvalue weighted by Gasteiger charge is -2.32. The van der Waals surface area contributed by atoms with Gasteiger partial charge >= 0.3 is 0 Å². The van der Waals surface area contributed by atoms with Crippen molar-refractivity contribution in [2.75, 3.05) is 13.2 Å². The van der Waals surface area contributed by atoms with Crippen LogP contribution in [-0.4, -0.2) is 69.0 Å². The molecule has 126 valence electrons. The number of rotatable bonds is 10. The maximum absolute atomic E-state index is 11.8. The first kappa shape index (κ1) is 20.3. The molecular formula is C14H29NO6. The predicted molar refractivity (Wildman–Crippen MR) is 77.4 cm³/mol. The molecule has 0 rings (SSSR count). The maximum Gasteiger partial charge on any atom is 0.251 e. The zero-order valence-corrected chi connectivity index (χ0v) is 13.0. The molecule has 4 unspecified atom stereocenters. The summed E-state index contributed by atoms with van der Waals surface area (Å²) in [5.74, 6) is -0.814. The number of aliphatic hydroxyl groups excluding tert-OH is 5. The van der Waals surface area contributed by atoms with Crippen molar-refractivity contribution in [3.63, 3.8) is 0 Å². The van der Waals surface area contributed by atoms with Gasteiger partial charge in [0.25, 0.3) is 5.91 Å². The average molecular weight is 307 g/mol. The van der Waals surface area contributed by atoms with Crippen molar-refractivity contribution in [3.05, 3.63) is 0 Å². The summed E-state index contributed by atoms with van der Waals surface area (Å²) in [7, 11) is 0. The smallest absolute Gasteiger partial charge is 0.251 e. The monoisotopic (exact) mass is 307 g/mol. The van der Waals surface area contributed by atoms with Crippen molar-refractivity contribution in [1.29, 1.82) is 0 Å². The molecule has 0 saturated heterocycles. The molecule has 0 aromatic rings. The molecule has 0 aliphatic heterocycles. The topological polar surface area (TPSA) is 130 Å². The molecule has 7 nitrogen and oxygen atoms in total. The molecule has 21 heavy (non-hydrogen) atoms. The van der Waals surface area contributed by atoms with Crippen LogP contribution in [0.1, 0.15) is 40.0 Å². The van der Waals surface area contributed by atoms with Gasteiger partial charge in [0.15, 0.2) is 6.10 Å². The van der Waals surface area contributed by atoms with E-state index in [-0.39, 0.29) is 5.41 Å². The van der Waals surface area contributed by atoms with Crippen molar-refractivity contribution in [3.8, 4) is 0 Å². The van der Waals surface area contributed by atoms with Crippen molar-refractivity contribution in [2.24, 2.45) is 5.41 Å². The van der Waals surface area contributed by atoms with Crippen LogP contribution in [0.3, 0.4) is 0 Å². The Balaban J connectivity index is 4.58. The summed E-state index contributed by atoms with van der Waals surface area (Å²) in [6.45, 7) is 5.64. The molecule has 0 aromatic heterocycles. The molecule has 0 spiro atoms. The highest BCUT2D eigenvalue weighted by molar-refractivity contribution is 5.81. The molecule has 0 aliphatic carbocycles. The Labute approximate surface area is 125 Å². The van der Waals surface area contributed by atoms with Gasteiger partial charge in [-0.3, -0.25) is 4.79 Å². The second-order valence-corrected chi connectivity index (χ2v) is 5.45. The van der Waals surface area contributed by atoms with Crippen LogP contribution in [0.2, 0.25) is 0 Å². The number of aliphatic hydroxyl groups is 5. The van der Waals surface area contributed by atoms with E-state index in [1.165, 1.54) is 0 Å². The van der Waals surface area contributed by atoms with Gasteiger partial charge in [0.2, 0.25) is 0 Å². The summed E-state index contributed by atoms with van der Waals surface area (Å²) in [6, 6.07) is 0. The summed E-state index contributed by atoms with van der Waals surface area (Å²) in [5, 5.41) is 49.2. The normalized spacial score (nSPS) is 17.9. The number of carbonyl (C=O) groups excluding carboxylic acids is 1. The molecule has 1 amide bonds. The number of carbonyl (C=O) groups is 1. The Kier molecular flexibility index (Phi) is 9.00. The minimum atomic E-state index is -1.87. The first-order chi connectivity index (χ1) is 9.78. The summed E-state index contributed by atoms with van der Waals surface area (Å²) >= 11 is 0. The zero-order chi connectivity index (χ0) is 16.6. The number of hydrogen-bond donors (Lipinski definition) is 6. The first-order valence-electron chi connectivity index (χ1n) is 7.39. The Bertz CT molecular complexity index is 300. The van der Waals surface area contributed by atoms with E-state index in [1.54, 1.807) is 0 Å². The Hall–Kier alpha value is -0.730. The van der Waals surface area contributed by atoms with E-state index >= 15 is 0 Å². The fourth-order valence-corrected chi connectivity index (χ4v) is 2.18. The highest BCUT2D eigenvalue weighted by atomic mass is 16.4. The van der Waals surface area contributed by atoms with Gasteiger partial charge in [0.1, 0.15) is 18.3 Å². The molecule has 6 N–H and O–H groups in total. The molecule has 0 radical (unpaired) electrons. The van der Waals surface area contributed by atoms with Crippen LogP contribution < -0.4 is 5.32 Å². The fraction of sp³-hybridized carbons (Fsp3) is 0.929. The molecule has 7 heteroatoms. The van der Waals surface area contributed by atoms with Gasteiger partial charge in [0, 0.05) is 6.54 Å². The molecule has 0 bridgehead atoms. The third-order valence-corrected chi connectivity index (χ3v) is 4.41. The van der Waals surface area contributed by atoms with E-state index in [2.05, 4.69) is 5.32 Å². The molecule has 0 aromatic carbocycles. The summed E-state index contributed by atoms with van der Waals surface area (Å²) in [6.07, 6.45) is -4.57. The standard InChI is InChI=1S/C14H29NO6/c1-4-14(5-2,6-3)8-15-13(21)12(20)11(19)10(18)9(17)7-16/h9-12,16-20H,4-8H2,1-3H3,(H,15,21). The molecular weight excluding hydrogens is 278 g/mol. The van der Waals surface area contributed by atoms with E-state index in [4.69, 9.17) is 5.11 Å². The van der Waals surface area contributed by atoms with Crippen molar-refractivity contribution in [1.82, 2.24) is 5.32 Å². The van der Waals surface area contributed by atoms with Crippen LogP contribution in [0, 0.1) is 5.41 Å². The molecule has 0 aliphatic rings. The molecule has 4 atom stereocenters. The van der Waals surface area contributed by atoms with Crippen molar-refractivity contribution in [2.45, 2.75) is 64.4 Å². The third-order valence-electron chi connectivity index (χ3n) is 4.41. The third kappa shape index (κ3) is 5.52. The lowest BCUT2D eigenvalue weighted by atomic mass is 9.80. The van der Waals surface area contributed by atoms with Gasteiger partial charge in [-0.05, 0) is 24.7 Å². The molecule has 0 saturated carbocycles. The number of nitrogens with one attached hydrogen (secondary N) is 1. The van der Waals surface area contributed by atoms with Crippen molar-refractivity contribution >= 4 is 5.91 Å². The predicted octanol–water partition coefficient (Wildman–Crippen LogP) is -1.25. The maximum atomic E-state index is 11.8. The van der Waals surface area contributed by atoms with E-state index in [9.17, 15) is 25.2 Å². The molecule has 0 fully saturated rings. The summed E-state index contributed by atoms with van der Waals surface area (Å²) in [4.78, 5) is 11.8. The number of amides is 1. The summed E-state index contributed by atoms with van der Waals surface area (Å²) in [5.41, 5.74) is -0.0659. The van der Waals surface area contributed by atoms with Gasteiger partial charge < -0.3 is 30.8 Å². The van der Waals surface area contributed by atoms with Crippen LogP contribution in [-0.2, 0) is 4.79 Å². The minimum Gasteiger partial charge on any atom is -0.394 e. The lowest BCUT2D eigenvalue weighted by molar-refractivity contribution is -0.149. The quantitative estimate of drug-likeness (QED) is 0.299. The van der Waals surface area contributed by atoms with Crippen LogP contribution in [0.15, 0.2) is 0 Å². The molecule has 0 heterocycles. The van der Waals surface area contributed by atoms with Crippen LogP contribution >= 0.6 is 0 Å². The van der Waals surface area contributed by atoms with Gasteiger partial charge in [-0.25, -0.2) is 0 Å². The average Bonchev–Trinajstić information content (AvgIpc) is 2.53. The van der Waals surface area contributed by atoms with E-state index in [0.29, 0.717) is 6.54 Å². The van der Waals surface area contributed by atoms with Crippen molar-refractivity contribution < 1.29 is 30.3 Å².